The molecule has 0 aromatic rings. The average molecular weight is 317 g/mol. The Labute approximate surface area is 119 Å². The number of unbranched alkanes of at least 4 members (excludes halogenated alkanes) is 5. The van der Waals surface area contributed by atoms with Gasteiger partial charge in [-0.25, -0.2) is 0 Å². The predicted octanol–water partition coefficient (Wildman–Crippen LogP) is 4.46. The summed E-state index contributed by atoms with van der Waals surface area (Å²) in [6, 6.07) is 0. The second kappa shape index (κ2) is 6.93. The topological polar surface area (TPSA) is 26.3 Å². The predicted molar refractivity (Wildman–Crippen MR) is 76.8 cm³/mol. The zero-order valence-corrected chi connectivity index (χ0v) is 12.8. The molecule has 0 spiro atoms. The third kappa shape index (κ3) is 3.97. The zero-order valence-electron chi connectivity index (χ0n) is 11.3. The summed E-state index contributed by atoms with van der Waals surface area (Å²) in [6.07, 6.45) is 12.0. The molecule has 2 nitrogen and oxygen atoms in total. The van der Waals surface area contributed by atoms with Crippen LogP contribution in [0.4, 0.5) is 0 Å². The number of carbonyl (C=O) groups excluding carboxylic acids is 1. The van der Waals surface area contributed by atoms with E-state index in [1.165, 1.54) is 51.4 Å². The van der Waals surface area contributed by atoms with Crippen molar-refractivity contribution in [2.75, 3.05) is 11.9 Å². The van der Waals surface area contributed by atoms with Crippen LogP contribution in [0.5, 0.6) is 0 Å². The van der Waals surface area contributed by atoms with E-state index in [0.29, 0.717) is 18.4 Å². The minimum absolute atomic E-state index is 0.0486. The fraction of sp³-hybridized carbons (Fsp3) is 0.933. The Bertz CT molecular complexity index is 261. The van der Waals surface area contributed by atoms with E-state index >= 15 is 0 Å². The van der Waals surface area contributed by atoms with Crippen LogP contribution in [0.15, 0.2) is 0 Å². The lowest BCUT2D eigenvalue weighted by atomic mass is 9.43. The van der Waals surface area contributed by atoms with Crippen molar-refractivity contribution in [3.05, 3.63) is 0 Å². The molecule has 0 atom stereocenters. The van der Waals surface area contributed by atoms with Crippen molar-refractivity contribution in [1.82, 2.24) is 0 Å². The van der Waals surface area contributed by atoms with Gasteiger partial charge >= 0.3 is 5.97 Å². The smallest absolute Gasteiger partial charge is 0.306 e. The summed E-state index contributed by atoms with van der Waals surface area (Å²) in [5, 5.41) is 1.12. The summed E-state index contributed by atoms with van der Waals surface area (Å²) in [5.41, 5.74) is 0.400. The highest BCUT2D eigenvalue weighted by Crippen LogP contribution is 2.66. The van der Waals surface area contributed by atoms with Crippen LogP contribution in [0.25, 0.3) is 0 Å². The fourth-order valence-electron chi connectivity index (χ4n) is 3.32. The minimum atomic E-state index is 0.0486. The molecule has 0 aliphatic heterocycles. The first-order chi connectivity index (χ1) is 8.74. The fourth-order valence-corrected chi connectivity index (χ4v) is 3.72. The van der Waals surface area contributed by atoms with Gasteiger partial charge in [-0.15, -0.1) is 0 Å². The first kappa shape index (κ1) is 14.4. The maximum Gasteiger partial charge on any atom is 0.306 e. The molecule has 0 unspecified atom stereocenters. The summed E-state index contributed by atoms with van der Waals surface area (Å²) in [5.74, 6) is 1.00. The number of esters is 1. The largest absolute Gasteiger partial charge is 0.466 e. The molecule has 0 aromatic heterocycles. The van der Waals surface area contributed by atoms with E-state index in [1.54, 1.807) is 0 Å². The van der Waals surface area contributed by atoms with E-state index in [0.717, 1.165) is 17.7 Å². The van der Waals surface area contributed by atoms with Crippen LogP contribution in [-0.4, -0.2) is 17.9 Å². The van der Waals surface area contributed by atoms with Crippen LogP contribution in [0.3, 0.4) is 0 Å². The molecule has 2 bridgehead atoms. The molecule has 3 saturated carbocycles. The van der Waals surface area contributed by atoms with Crippen molar-refractivity contribution in [1.29, 1.82) is 0 Å². The van der Waals surface area contributed by atoms with Gasteiger partial charge in [0.05, 0.1) is 13.0 Å². The molecule has 3 fully saturated rings. The van der Waals surface area contributed by atoms with Crippen LogP contribution in [-0.2, 0) is 9.53 Å². The van der Waals surface area contributed by atoms with Crippen molar-refractivity contribution >= 4 is 21.9 Å². The Balaban J connectivity index is 1.37. The summed E-state index contributed by atoms with van der Waals surface area (Å²) < 4.78 is 5.32. The highest BCUT2D eigenvalue weighted by atomic mass is 79.9. The molecule has 18 heavy (non-hydrogen) atoms. The first-order valence-electron chi connectivity index (χ1n) is 7.46. The molecule has 0 radical (unpaired) electrons. The van der Waals surface area contributed by atoms with Crippen LogP contribution in [0, 0.1) is 11.3 Å². The van der Waals surface area contributed by atoms with Gasteiger partial charge in [-0.2, -0.15) is 0 Å². The van der Waals surface area contributed by atoms with E-state index in [4.69, 9.17) is 4.74 Å². The molecule has 0 aromatic carbocycles. The third-order valence-corrected chi connectivity index (χ3v) is 5.04. The van der Waals surface area contributed by atoms with Crippen molar-refractivity contribution in [2.45, 2.75) is 64.2 Å². The molecule has 3 aliphatic rings. The molecule has 3 rings (SSSR count). The molecule has 3 aliphatic carbocycles. The van der Waals surface area contributed by atoms with E-state index in [-0.39, 0.29) is 5.97 Å². The Morgan fingerprint density at radius 3 is 2.22 bits per heavy atom. The normalized spacial score (nSPS) is 28.4. The monoisotopic (exact) mass is 316 g/mol. The second-order valence-electron chi connectivity index (χ2n) is 6.19. The lowest BCUT2D eigenvalue weighted by Gasteiger charge is -2.61. The van der Waals surface area contributed by atoms with Gasteiger partial charge in [0, 0.05) is 5.33 Å². The Morgan fingerprint density at radius 2 is 1.67 bits per heavy atom. The zero-order chi connectivity index (χ0) is 12.8. The average Bonchev–Trinajstić information content (AvgIpc) is 2.26. The third-order valence-electron chi connectivity index (χ3n) is 4.48. The van der Waals surface area contributed by atoms with Gasteiger partial charge in [-0.1, -0.05) is 41.6 Å². The highest BCUT2D eigenvalue weighted by Gasteiger charge is 2.57. The first-order valence-corrected chi connectivity index (χ1v) is 8.58. The van der Waals surface area contributed by atoms with Crippen LogP contribution in [0.1, 0.15) is 64.2 Å². The van der Waals surface area contributed by atoms with Crippen LogP contribution < -0.4 is 0 Å². The number of rotatable bonds is 10. The van der Waals surface area contributed by atoms with Crippen molar-refractivity contribution in [3.8, 4) is 0 Å². The van der Waals surface area contributed by atoms with E-state index in [2.05, 4.69) is 15.9 Å². The van der Waals surface area contributed by atoms with Gasteiger partial charge in [0.1, 0.15) is 0 Å². The number of hydrogen-bond donors (Lipinski definition) is 0. The standard InChI is InChI=1S/C15H25BrO2/c16-7-5-3-1-2-4-6-8-18-14(17)12-15-9-13(10-15)11-15/h13H,1-12H2. The van der Waals surface area contributed by atoms with Gasteiger partial charge in [0.25, 0.3) is 0 Å². The van der Waals surface area contributed by atoms with Crippen LogP contribution >= 0.6 is 15.9 Å². The van der Waals surface area contributed by atoms with Gasteiger partial charge in [0.15, 0.2) is 0 Å². The Hall–Kier alpha value is -0.0500. The van der Waals surface area contributed by atoms with Gasteiger partial charge < -0.3 is 4.74 Å². The lowest BCUT2D eigenvalue weighted by Crippen LogP contribution is -2.52. The highest BCUT2D eigenvalue weighted by molar-refractivity contribution is 9.09. The summed E-state index contributed by atoms with van der Waals surface area (Å²) in [4.78, 5) is 11.6. The van der Waals surface area contributed by atoms with Crippen molar-refractivity contribution < 1.29 is 9.53 Å². The second-order valence-corrected chi connectivity index (χ2v) is 6.98. The molecule has 0 heterocycles. The molecule has 0 N–H and O–H groups in total. The summed E-state index contributed by atoms with van der Waals surface area (Å²) in [6.45, 7) is 0.636. The minimum Gasteiger partial charge on any atom is -0.466 e. The molecule has 3 heteroatoms. The van der Waals surface area contributed by atoms with Crippen molar-refractivity contribution in [3.63, 3.8) is 0 Å². The number of alkyl halides is 1. The molecule has 104 valence electrons. The number of halogens is 1. The van der Waals surface area contributed by atoms with E-state index in [1.807, 2.05) is 0 Å². The van der Waals surface area contributed by atoms with E-state index in [9.17, 15) is 4.79 Å². The van der Waals surface area contributed by atoms with Crippen LogP contribution in [0.2, 0.25) is 0 Å². The number of hydrogen-bond acceptors (Lipinski definition) is 2. The van der Waals surface area contributed by atoms with Gasteiger partial charge in [-0.3, -0.25) is 4.79 Å². The summed E-state index contributed by atoms with van der Waals surface area (Å²) in [7, 11) is 0. The molecular formula is C15H25BrO2. The molecular weight excluding hydrogens is 292 g/mol. The Kier molecular flexibility index (Phi) is 5.53. The maximum atomic E-state index is 11.6. The molecule has 0 saturated heterocycles. The Morgan fingerprint density at radius 1 is 1.06 bits per heavy atom. The lowest BCUT2D eigenvalue weighted by molar-refractivity contribution is -0.164. The van der Waals surface area contributed by atoms with E-state index < -0.39 is 0 Å². The molecule has 0 amide bonds. The van der Waals surface area contributed by atoms with Gasteiger partial charge in [0.2, 0.25) is 0 Å². The quantitative estimate of drug-likeness (QED) is 0.338. The maximum absolute atomic E-state index is 11.6. The number of carbonyl (C=O) groups is 1. The van der Waals surface area contributed by atoms with Gasteiger partial charge in [-0.05, 0) is 43.4 Å². The summed E-state index contributed by atoms with van der Waals surface area (Å²) >= 11 is 3.44. The SMILES string of the molecule is O=C(CC12CC(C1)C2)OCCCCCCCCBr. The number of ether oxygens (including phenoxy) is 1. The van der Waals surface area contributed by atoms with Crippen molar-refractivity contribution in [2.24, 2.45) is 11.3 Å².